The number of para-hydroxylation sites is 4. The van der Waals surface area contributed by atoms with Crippen LogP contribution in [0.5, 0.6) is 0 Å². The van der Waals surface area contributed by atoms with Crippen LogP contribution >= 0.6 is 11.3 Å². The van der Waals surface area contributed by atoms with E-state index in [1.807, 2.05) is 11.3 Å². The molecule has 322 valence electrons. The molecule has 0 radical (unpaired) electrons. The van der Waals surface area contributed by atoms with E-state index in [-0.39, 0.29) is 0 Å². The van der Waals surface area contributed by atoms with E-state index in [1.54, 1.807) is 0 Å². The smallest absolute Gasteiger partial charge is 0.145 e. The first-order valence-corrected chi connectivity index (χ1v) is 24.5. The lowest BCUT2D eigenvalue weighted by Crippen LogP contribution is -2.26. The molecule has 2 aliphatic carbocycles. The normalized spacial score (nSPS) is 13.0. The summed E-state index contributed by atoms with van der Waals surface area (Å²) < 4.78 is 9.94. The molecule has 0 N–H and O–H groups in total. The molecule has 2 heterocycles. The van der Waals surface area contributed by atoms with E-state index < -0.39 is 5.41 Å². The zero-order valence-corrected chi connectivity index (χ0v) is 38.1. The van der Waals surface area contributed by atoms with Crippen LogP contribution in [-0.4, -0.2) is 0 Å². The maximum absolute atomic E-state index is 7.45. The minimum Gasteiger partial charge on any atom is -0.455 e. The van der Waals surface area contributed by atoms with Crippen LogP contribution in [0.15, 0.2) is 247 Å². The van der Waals surface area contributed by atoms with Crippen molar-refractivity contribution in [1.82, 2.24) is 0 Å². The fourth-order valence-corrected chi connectivity index (χ4v) is 13.3. The molecular weight excluding hydrogens is 857 g/mol. The van der Waals surface area contributed by atoms with E-state index >= 15 is 0 Å². The second-order valence-electron chi connectivity index (χ2n) is 18.3. The van der Waals surface area contributed by atoms with Gasteiger partial charge in [-0.15, -0.1) is 11.3 Å². The molecule has 4 heteroatoms. The van der Waals surface area contributed by atoms with Crippen molar-refractivity contribution in [1.29, 1.82) is 0 Å². The number of thiophene rings is 1. The maximum atomic E-state index is 7.45. The van der Waals surface area contributed by atoms with Gasteiger partial charge in [0.25, 0.3) is 0 Å². The number of hydrogen-bond donors (Lipinski definition) is 0. The number of fused-ring (bicyclic) bond motifs is 19. The zero-order chi connectivity index (χ0) is 45.2. The Bertz CT molecular complexity index is 4130. The third-order valence-corrected chi connectivity index (χ3v) is 16.0. The first-order chi connectivity index (χ1) is 34.3. The first kappa shape index (κ1) is 38.4. The Kier molecular flexibility index (Phi) is 8.15. The number of rotatable bonds is 6. The van der Waals surface area contributed by atoms with Gasteiger partial charge in [0.1, 0.15) is 11.2 Å². The van der Waals surface area contributed by atoms with Gasteiger partial charge in [0.15, 0.2) is 0 Å². The number of benzene rings is 11. The highest BCUT2D eigenvalue weighted by atomic mass is 32.1. The van der Waals surface area contributed by atoms with Crippen LogP contribution in [0.1, 0.15) is 22.3 Å². The Morgan fingerprint density at radius 2 is 0.884 bits per heavy atom. The zero-order valence-electron chi connectivity index (χ0n) is 37.3. The quantitative estimate of drug-likeness (QED) is 0.166. The summed E-state index contributed by atoms with van der Waals surface area (Å²) in [6.07, 6.45) is 0. The summed E-state index contributed by atoms with van der Waals surface area (Å²) in [5.74, 6) is 0. The molecule has 0 fully saturated rings. The predicted octanol–water partition coefficient (Wildman–Crippen LogP) is 18.4. The van der Waals surface area contributed by atoms with Crippen molar-refractivity contribution in [2.45, 2.75) is 5.41 Å². The fraction of sp³-hybridized carbons (Fsp3) is 0.0154. The Labute approximate surface area is 403 Å². The molecule has 0 aliphatic heterocycles. The van der Waals surface area contributed by atoms with Gasteiger partial charge in [0.2, 0.25) is 0 Å². The molecule has 0 saturated heterocycles. The Hall–Kier alpha value is -8.70. The van der Waals surface area contributed by atoms with Crippen molar-refractivity contribution in [3.63, 3.8) is 0 Å². The largest absolute Gasteiger partial charge is 0.455 e. The lowest BCUT2D eigenvalue weighted by Gasteiger charge is -2.33. The molecule has 1 spiro atoms. The Morgan fingerprint density at radius 1 is 0.362 bits per heavy atom. The molecule has 0 bridgehead atoms. The second-order valence-corrected chi connectivity index (χ2v) is 19.3. The van der Waals surface area contributed by atoms with Gasteiger partial charge in [-0.3, -0.25) is 0 Å². The molecule has 3 nitrogen and oxygen atoms in total. The molecule has 11 aromatic carbocycles. The van der Waals surface area contributed by atoms with Gasteiger partial charge in [0, 0.05) is 49.2 Å². The molecule has 2 aliphatic rings. The first-order valence-electron chi connectivity index (χ1n) is 23.7. The summed E-state index contributed by atoms with van der Waals surface area (Å²) in [7, 11) is 0. The third kappa shape index (κ3) is 5.32. The SMILES string of the molecule is c1ccc(N(c2ccc3ccccc3c2)c2cc3c(c4c2sc2ccccc24)-c2c(cc(N(c4ccccc4)c4ccccc4)c4c2oc2ccccc24)C32c3ccccc3-c3ccccc32)cc1. The standard InChI is InChI=1S/C65H40N2OS/c1-4-22-43(23-5-1)66(44-24-6-2-7-25-44)55-39-54-62(63-59(55)49-30-14-18-34-57(49)68-63)61-53(65(54)51-32-16-12-28-47(51)48-29-13-17-33-52(48)65)40-56(64-60(61)50-31-15-19-35-58(50)69-64)67(45-26-8-3-9-27-45)46-37-36-41-20-10-11-21-42(41)38-46/h1-40H. The van der Waals surface area contributed by atoms with Crippen LogP contribution in [0, 0.1) is 0 Å². The minimum atomic E-state index is -0.726. The fourth-order valence-electron chi connectivity index (χ4n) is 12.1. The lowest BCUT2D eigenvalue weighted by atomic mass is 9.70. The average molecular weight is 897 g/mol. The molecule has 0 atom stereocenters. The van der Waals surface area contributed by atoms with Crippen molar-refractivity contribution in [2.24, 2.45) is 0 Å². The summed E-state index contributed by atoms with van der Waals surface area (Å²) >= 11 is 1.88. The van der Waals surface area contributed by atoms with Gasteiger partial charge in [-0.05, 0) is 123 Å². The Morgan fingerprint density at radius 3 is 1.57 bits per heavy atom. The van der Waals surface area contributed by atoms with E-state index in [4.69, 9.17) is 4.42 Å². The van der Waals surface area contributed by atoms with Crippen LogP contribution < -0.4 is 9.80 Å². The van der Waals surface area contributed by atoms with E-state index in [0.29, 0.717) is 0 Å². The second kappa shape index (κ2) is 14.6. The number of anilines is 6. The third-order valence-electron chi connectivity index (χ3n) is 14.8. The summed E-state index contributed by atoms with van der Waals surface area (Å²) in [6, 6.07) is 89.1. The summed E-state index contributed by atoms with van der Waals surface area (Å²) in [5, 5.41) is 7.10. The molecular formula is C65H40N2OS. The van der Waals surface area contributed by atoms with Crippen LogP contribution in [0.2, 0.25) is 0 Å². The summed E-state index contributed by atoms with van der Waals surface area (Å²) in [5.41, 5.74) is 17.6. The van der Waals surface area contributed by atoms with Gasteiger partial charge >= 0.3 is 0 Å². The van der Waals surface area contributed by atoms with Crippen molar-refractivity contribution < 1.29 is 4.42 Å². The lowest BCUT2D eigenvalue weighted by molar-refractivity contribution is 0.669. The van der Waals surface area contributed by atoms with Crippen LogP contribution in [-0.2, 0) is 5.41 Å². The molecule has 0 unspecified atom stereocenters. The number of furan rings is 1. The van der Waals surface area contributed by atoms with Gasteiger partial charge in [0.05, 0.1) is 26.9 Å². The molecule has 0 amide bonds. The van der Waals surface area contributed by atoms with Crippen LogP contribution in [0.25, 0.3) is 75.1 Å². The van der Waals surface area contributed by atoms with Crippen LogP contribution in [0.4, 0.5) is 34.1 Å². The van der Waals surface area contributed by atoms with Gasteiger partial charge in [-0.1, -0.05) is 170 Å². The van der Waals surface area contributed by atoms with Crippen molar-refractivity contribution in [3.05, 3.63) is 265 Å². The summed E-state index contributed by atoms with van der Waals surface area (Å²) in [4.78, 5) is 4.94. The van der Waals surface area contributed by atoms with E-state index in [2.05, 4.69) is 252 Å². The van der Waals surface area contributed by atoms with E-state index in [1.165, 1.54) is 69.9 Å². The molecule has 69 heavy (non-hydrogen) atoms. The number of hydrogen-bond acceptors (Lipinski definition) is 4. The van der Waals surface area contributed by atoms with Crippen molar-refractivity contribution >= 4 is 98.3 Å². The highest BCUT2D eigenvalue weighted by Crippen LogP contribution is 2.68. The van der Waals surface area contributed by atoms with Crippen LogP contribution in [0.3, 0.4) is 0 Å². The summed E-state index contributed by atoms with van der Waals surface area (Å²) in [6.45, 7) is 0. The van der Waals surface area contributed by atoms with Gasteiger partial charge in [-0.2, -0.15) is 0 Å². The molecule has 13 aromatic rings. The van der Waals surface area contributed by atoms with Crippen molar-refractivity contribution in [3.8, 4) is 22.3 Å². The molecule has 0 saturated carbocycles. The predicted molar refractivity (Wildman–Crippen MR) is 290 cm³/mol. The van der Waals surface area contributed by atoms with Crippen molar-refractivity contribution in [2.75, 3.05) is 9.80 Å². The average Bonchev–Trinajstić information content (AvgIpc) is 4.16. The molecule has 2 aromatic heterocycles. The maximum Gasteiger partial charge on any atom is 0.145 e. The molecule has 15 rings (SSSR count). The van der Waals surface area contributed by atoms with E-state index in [0.717, 1.165) is 61.6 Å². The highest BCUT2D eigenvalue weighted by molar-refractivity contribution is 7.26. The van der Waals surface area contributed by atoms with Gasteiger partial charge in [-0.25, -0.2) is 0 Å². The highest BCUT2D eigenvalue weighted by Gasteiger charge is 2.54. The van der Waals surface area contributed by atoms with E-state index in [9.17, 15) is 0 Å². The van der Waals surface area contributed by atoms with Gasteiger partial charge < -0.3 is 14.2 Å². The monoisotopic (exact) mass is 896 g/mol. The topological polar surface area (TPSA) is 19.6 Å². The minimum absolute atomic E-state index is 0.726. The Balaban J connectivity index is 1.17. The number of nitrogens with zero attached hydrogens (tertiary/aromatic N) is 2.